The first-order chi connectivity index (χ1) is 12.5. The topological polar surface area (TPSA) is 110 Å². The number of phenols is 1. The minimum atomic E-state index is -0.992. The molecule has 0 bridgehead atoms. The Balaban J connectivity index is 0.000000152. The highest BCUT2D eigenvalue weighted by Crippen LogP contribution is 2.28. The number of nitrogens with two attached hydrogens (primary N) is 2. The highest BCUT2D eigenvalue weighted by atomic mass is 16.4. The Kier molecular flexibility index (Phi) is 4.62. The average Bonchev–Trinajstić information content (AvgIpc) is 2.65. The van der Waals surface area contributed by atoms with Gasteiger partial charge in [0.05, 0.1) is 5.56 Å². The molecule has 0 spiro atoms. The summed E-state index contributed by atoms with van der Waals surface area (Å²) in [5, 5.41) is 21.8. The van der Waals surface area contributed by atoms with Crippen LogP contribution >= 0.6 is 0 Å². The summed E-state index contributed by atoms with van der Waals surface area (Å²) in [6.45, 7) is 0. The lowest BCUT2D eigenvalue weighted by Gasteiger charge is -2.03. The number of hydrogen-bond acceptors (Lipinski definition) is 4. The van der Waals surface area contributed by atoms with Gasteiger partial charge in [0.15, 0.2) is 0 Å². The van der Waals surface area contributed by atoms with Crippen LogP contribution in [0.2, 0.25) is 0 Å². The van der Waals surface area contributed by atoms with E-state index >= 15 is 0 Å². The molecular formula is C21H18N2O3. The third kappa shape index (κ3) is 3.37. The van der Waals surface area contributed by atoms with Crippen molar-refractivity contribution >= 4 is 38.9 Å². The molecule has 0 aliphatic heterocycles. The minimum Gasteiger partial charge on any atom is -0.507 e. The Morgan fingerprint density at radius 1 is 0.731 bits per heavy atom. The number of benzene rings is 4. The van der Waals surface area contributed by atoms with Crippen LogP contribution < -0.4 is 11.5 Å². The quantitative estimate of drug-likeness (QED) is 0.304. The number of fused-ring (bicyclic) bond motifs is 2. The van der Waals surface area contributed by atoms with Gasteiger partial charge < -0.3 is 21.7 Å². The summed E-state index contributed by atoms with van der Waals surface area (Å²) in [4.78, 5) is 10.8. The van der Waals surface area contributed by atoms with E-state index in [1.807, 2.05) is 48.5 Å². The molecule has 26 heavy (non-hydrogen) atoms. The van der Waals surface area contributed by atoms with Crippen LogP contribution in [0, 0.1) is 0 Å². The summed E-state index contributed by atoms with van der Waals surface area (Å²) < 4.78 is 0. The number of anilines is 2. The first kappa shape index (κ1) is 17.1. The maximum absolute atomic E-state index is 10.8. The molecule has 0 unspecified atom stereocenters. The molecule has 4 aromatic rings. The fourth-order valence-corrected chi connectivity index (χ4v) is 2.75. The van der Waals surface area contributed by atoms with Crippen LogP contribution in [0.3, 0.4) is 0 Å². The van der Waals surface area contributed by atoms with E-state index in [9.17, 15) is 9.90 Å². The third-order valence-electron chi connectivity index (χ3n) is 4.08. The molecule has 0 atom stereocenters. The molecule has 0 fully saturated rings. The molecule has 0 aromatic heterocycles. The molecule has 6 N–H and O–H groups in total. The molecule has 0 aliphatic carbocycles. The van der Waals surface area contributed by atoms with Crippen molar-refractivity contribution in [1.29, 1.82) is 0 Å². The van der Waals surface area contributed by atoms with Gasteiger partial charge in [-0.1, -0.05) is 48.5 Å². The van der Waals surface area contributed by atoms with E-state index in [1.54, 1.807) is 24.3 Å². The predicted molar refractivity (Wildman–Crippen MR) is 105 cm³/mol. The zero-order chi connectivity index (χ0) is 18.7. The van der Waals surface area contributed by atoms with Gasteiger partial charge in [0.25, 0.3) is 0 Å². The van der Waals surface area contributed by atoms with Gasteiger partial charge in [0.2, 0.25) is 0 Å². The van der Waals surface area contributed by atoms with E-state index in [-0.39, 0.29) is 11.3 Å². The predicted octanol–water partition coefficient (Wildman–Crippen LogP) is 4.25. The zero-order valence-electron chi connectivity index (χ0n) is 13.9. The summed E-state index contributed by atoms with van der Waals surface area (Å²) in [5.74, 6) is -0.715. The lowest BCUT2D eigenvalue weighted by Crippen LogP contribution is -2.01. The minimum absolute atomic E-state index is 0.156. The van der Waals surface area contributed by atoms with Gasteiger partial charge in [-0.05, 0) is 35.0 Å². The number of aromatic carboxylic acids is 1. The van der Waals surface area contributed by atoms with Crippen molar-refractivity contribution in [2.24, 2.45) is 0 Å². The second-order valence-electron chi connectivity index (χ2n) is 5.81. The Morgan fingerprint density at radius 3 is 1.92 bits per heavy atom. The van der Waals surface area contributed by atoms with Gasteiger partial charge in [-0.25, -0.2) is 4.79 Å². The Morgan fingerprint density at radius 2 is 1.31 bits per heavy atom. The monoisotopic (exact) mass is 346 g/mol. The number of phenolic OH excluding ortho intramolecular Hbond substituents is 1. The van der Waals surface area contributed by atoms with Crippen LogP contribution in [0.1, 0.15) is 10.4 Å². The van der Waals surface area contributed by atoms with Crippen molar-refractivity contribution in [3.63, 3.8) is 0 Å². The van der Waals surface area contributed by atoms with Crippen molar-refractivity contribution in [3.05, 3.63) is 78.4 Å². The summed E-state index contributed by atoms with van der Waals surface area (Å²) in [7, 11) is 0. The van der Waals surface area contributed by atoms with Crippen LogP contribution in [-0.2, 0) is 0 Å². The molecule has 0 amide bonds. The van der Waals surface area contributed by atoms with Gasteiger partial charge in [-0.15, -0.1) is 0 Å². The van der Waals surface area contributed by atoms with Crippen LogP contribution in [0.25, 0.3) is 21.5 Å². The standard InChI is InChI=1S/C11H9NO2.C10H9NO/c12-10-6-8-4-2-1-3-7(8)5-9(10)11(13)14;11-9-5-6-10(12)8-4-2-1-3-7(8)9/h1-6H,12H2,(H,13,14);1-6,12H,11H2. The molecule has 5 heteroatoms. The summed E-state index contributed by atoms with van der Waals surface area (Å²) in [6, 6.07) is 21.6. The Labute approximate surface area is 150 Å². The van der Waals surface area contributed by atoms with Crippen molar-refractivity contribution in [2.75, 3.05) is 11.5 Å². The second kappa shape index (κ2) is 7.03. The van der Waals surface area contributed by atoms with Crippen molar-refractivity contribution in [2.45, 2.75) is 0 Å². The smallest absolute Gasteiger partial charge is 0.337 e. The zero-order valence-corrected chi connectivity index (χ0v) is 13.9. The maximum atomic E-state index is 10.8. The third-order valence-corrected chi connectivity index (χ3v) is 4.08. The number of carboxylic acid groups (broad SMARTS) is 1. The first-order valence-electron chi connectivity index (χ1n) is 7.95. The number of rotatable bonds is 1. The summed E-state index contributed by atoms with van der Waals surface area (Å²) in [6.07, 6.45) is 0. The van der Waals surface area contributed by atoms with Crippen molar-refractivity contribution in [3.8, 4) is 5.75 Å². The molecule has 4 rings (SSSR count). The maximum Gasteiger partial charge on any atom is 0.337 e. The fourth-order valence-electron chi connectivity index (χ4n) is 2.75. The molecule has 4 aromatic carbocycles. The molecule has 0 saturated heterocycles. The Hall–Kier alpha value is -3.73. The second-order valence-corrected chi connectivity index (χ2v) is 5.81. The average molecular weight is 346 g/mol. The molecule has 5 nitrogen and oxygen atoms in total. The molecule has 0 saturated carbocycles. The number of aromatic hydroxyl groups is 1. The molecule has 0 radical (unpaired) electrons. The SMILES string of the molecule is Nc1cc2ccccc2cc1C(=O)O.Nc1ccc(O)c2ccccc12. The van der Waals surface area contributed by atoms with Crippen LogP contribution in [-0.4, -0.2) is 16.2 Å². The number of nitrogen functional groups attached to an aromatic ring is 2. The van der Waals surface area contributed by atoms with Crippen LogP contribution in [0.4, 0.5) is 11.4 Å². The Bertz CT molecular complexity index is 1070. The molecule has 130 valence electrons. The van der Waals surface area contributed by atoms with Crippen LogP contribution in [0.15, 0.2) is 72.8 Å². The van der Waals surface area contributed by atoms with E-state index in [2.05, 4.69) is 0 Å². The summed E-state index contributed by atoms with van der Waals surface area (Å²) >= 11 is 0. The molecule has 0 heterocycles. The van der Waals surface area contributed by atoms with Gasteiger partial charge in [-0.2, -0.15) is 0 Å². The van der Waals surface area contributed by atoms with E-state index in [0.29, 0.717) is 11.4 Å². The van der Waals surface area contributed by atoms with Crippen molar-refractivity contribution in [1.82, 2.24) is 0 Å². The van der Waals surface area contributed by atoms with Gasteiger partial charge >= 0.3 is 5.97 Å². The largest absolute Gasteiger partial charge is 0.507 e. The van der Waals surface area contributed by atoms with Gasteiger partial charge in [0.1, 0.15) is 5.75 Å². The lowest BCUT2D eigenvalue weighted by atomic mass is 10.1. The fraction of sp³-hybridized carbons (Fsp3) is 0. The van der Waals surface area contributed by atoms with Gasteiger partial charge in [-0.3, -0.25) is 0 Å². The van der Waals surface area contributed by atoms with Gasteiger partial charge in [0, 0.05) is 22.1 Å². The normalized spacial score (nSPS) is 10.3. The molecular weight excluding hydrogens is 328 g/mol. The van der Waals surface area contributed by atoms with Crippen LogP contribution in [0.5, 0.6) is 5.75 Å². The first-order valence-corrected chi connectivity index (χ1v) is 7.95. The number of hydrogen-bond donors (Lipinski definition) is 4. The number of carboxylic acids is 1. The lowest BCUT2D eigenvalue weighted by molar-refractivity contribution is 0.0698. The summed E-state index contributed by atoms with van der Waals surface area (Å²) in [5.41, 5.74) is 12.5. The van der Waals surface area contributed by atoms with E-state index in [1.165, 1.54) is 0 Å². The molecule has 0 aliphatic rings. The highest BCUT2D eigenvalue weighted by molar-refractivity contribution is 6.00. The van der Waals surface area contributed by atoms with E-state index in [4.69, 9.17) is 16.6 Å². The van der Waals surface area contributed by atoms with E-state index in [0.717, 1.165) is 21.5 Å². The number of carbonyl (C=O) groups is 1. The van der Waals surface area contributed by atoms with Crippen molar-refractivity contribution < 1.29 is 15.0 Å². The van der Waals surface area contributed by atoms with E-state index < -0.39 is 5.97 Å². The highest BCUT2D eigenvalue weighted by Gasteiger charge is 2.08.